The molecule has 1 aliphatic rings. The second kappa shape index (κ2) is 7.05. The number of amides is 1. The molecule has 0 aromatic heterocycles. The molecule has 128 valence electrons. The molecule has 0 radical (unpaired) electrons. The molecule has 1 heterocycles. The van der Waals surface area contributed by atoms with Crippen molar-refractivity contribution < 1.29 is 9.90 Å². The van der Waals surface area contributed by atoms with E-state index in [1.54, 1.807) is 6.07 Å². The van der Waals surface area contributed by atoms with Crippen LogP contribution in [-0.4, -0.2) is 28.2 Å². The van der Waals surface area contributed by atoms with E-state index in [0.29, 0.717) is 35.7 Å². The van der Waals surface area contributed by atoms with Gasteiger partial charge in [0.15, 0.2) is 5.11 Å². The number of phenols is 1. The topological polar surface area (TPSA) is 88.4 Å². The van der Waals surface area contributed by atoms with Crippen LogP contribution in [0.15, 0.2) is 12.1 Å². The highest BCUT2D eigenvalue weighted by molar-refractivity contribution is 7.80. The van der Waals surface area contributed by atoms with E-state index in [1.165, 1.54) is 11.0 Å². The summed E-state index contributed by atoms with van der Waals surface area (Å²) in [6.45, 7) is 5.94. The number of carbonyl (C=O) groups is 1. The number of anilines is 2. The SMILES string of the molecule is CC(C)(C)NC(=S)Nc1cc2c(cc1O)N(CC#N)C(=O)CCC2. The Balaban J connectivity index is 2.32. The first kappa shape index (κ1) is 18.0. The van der Waals surface area contributed by atoms with Gasteiger partial charge in [-0.15, -0.1) is 0 Å². The highest BCUT2D eigenvalue weighted by atomic mass is 32.1. The Kier molecular flexibility index (Phi) is 5.30. The van der Waals surface area contributed by atoms with E-state index in [2.05, 4.69) is 10.6 Å². The second-order valence-corrected chi connectivity index (χ2v) is 7.23. The molecule has 0 atom stereocenters. The fourth-order valence-corrected chi connectivity index (χ4v) is 3.03. The molecule has 0 spiro atoms. The van der Waals surface area contributed by atoms with Crippen molar-refractivity contribution in [3.05, 3.63) is 17.7 Å². The van der Waals surface area contributed by atoms with E-state index in [0.717, 1.165) is 5.56 Å². The van der Waals surface area contributed by atoms with E-state index < -0.39 is 0 Å². The Bertz CT molecular complexity index is 704. The Hall–Kier alpha value is -2.33. The number of aromatic hydroxyl groups is 1. The predicted molar refractivity (Wildman–Crippen MR) is 98.1 cm³/mol. The summed E-state index contributed by atoms with van der Waals surface area (Å²) >= 11 is 5.27. The van der Waals surface area contributed by atoms with Crippen LogP contribution in [0.5, 0.6) is 5.75 Å². The molecule has 24 heavy (non-hydrogen) atoms. The molecular formula is C17H22N4O2S. The van der Waals surface area contributed by atoms with Gasteiger partial charge in [0.25, 0.3) is 0 Å². The maximum Gasteiger partial charge on any atom is 0.227 e. The lowest BCUT2D eigenvalue weighted by Gasteiger charge is -2.24. The third kappa shape index (κ3) is 4.36. The standard InChI is InChI=1S/C17H22N4O2S/c1-17(2,3)20-16(24)19-12-9-11-5-4-6-15(23)21(8-7-18)13(11)10-14(12)22/h9-10,22H,4-6,8H2,1-3H3,(H2,19,20,24). The molecule has 1 aromatic rings. The molecule has 7 heteroatoms. The summed E-state index contributed by atoms with van der Waals surface area (Å²) in [5.41, 5.74) is 1.80. The summed E-state index contributed by atoms with van der Waals surface area (Å²) in [7, 11) is 0. The number of nitrogens with one attached hydrogen (secondary N) is 2. The summed E-state index contributed by atoms with van der Waals surface area (Å²) in [6, 6.07) is 5.33. The van der Waals surface area contributed by atoms with Gasteiger partial charge in [0.2, 0.25) is 5.91 Å². The van der Waals surface area contributed by atoms with Gasteiger partial charge >= 0.3 is 0 Å². The van der Waals surface area contributed by atoms with Crippen molar-refractivity contribution in [3.63, 3.8) is 0 Å². The Labute approximate surface area is 147 Å². The summed E-state index contributed by atoms with van der Waals surface area (Å²) in [5, 5.41) is 25.8. The summed E-state index contributed by atoms with van der Waals surface area (Å²) in [6.07, 6.45) is 1.81. The Morgan fingerprint density at radius 3 is 2.75 bits per heavy atom. The quantitative estimate of drug-likeness (QED) is 0.433. The lowest BCUT2D eigenvalue weighted by atomic mass is 10.1. The molecule has 1 aromatic carbocycles. The highest BCUT2D eigenvalue weighted by Gasteiger charge is 2.24. The van der Waals surface area contributed by atoms with Crippen molar-refractivity contribution >= 4 is 34.6 Å². The zero-order valence-electron chi connectivity index (χ0n) is 14.1. The van der Waals surface area contributed by atoms with E-state index in [1.807, 2.05) is 26.8 Å². The number of phenolic OH excluding ortho intramolecular Hbond substituents is 1. The molecule has 0 aliphatic carbocycles. The molecular weight excluding hydrogens is 324 g/mol. The molecule has 1 aliphatic heterocycles. The number of nitriles is 1. The number of aryl methyl sites for hydroxylation is 1. The van der Waals surface area contributed by atoms with Gasteiger partial charge in [-0.2, -0.15) is 5.26 Å². The minimum absolute atomic E-state index is 0.00977. The lowest BCUT2D eigenvalue weighted by molar-refractivity contribution is -0.118. The molecule has 0 saturated carbocycles. The Morgan fingerprint density at radius 1 is 1.42 bits per heavy atom. The largest absolute Gasteiger partial charge is 0.506 e. The monoisotopic (exact) mass is 346 g/mol. The number of hydrogen-bond acceptors (Lipinski definition) is 4. The van der Waals surface area contributed by atoms with E-state index in [4.69, 9.17) is 17.5 Å². The van der Waals surface area contributed by atoms with Crippen LogP contribution in [0.3, 0.4) is 0 Å². The van der Waals surface area contributed by atoms with Crippen LogP contribution in [0, 0.1) is 11.3 Å². The van der Waals surface area contributed by atoms with Crippen molar-refractivity contribution in [2.45, 2.75) is 45.6 Å². The summed E-state index contributed by atoms with van der Waals surface area (Å²) in [5.74, 6) is -0.107. The molecule has 0 unspecified atom stereocenters. The number of nitrogens with zero attached hydrogens (tertiary/aromatic N) is 2. The fourth-order valence-electron chi connectivity index (χ4n) is 2.61. The molecule has 0 bridgehead atoms. The van der Waals surface area contributed by atoms with Crippen LogP contribution >= 0.6 is 12.2 Å². The van der Waals surface area contributed by atoms with Gasteiger partial charge in [-0.25, -0.2) is 0 Å². The van der Waals surface area contributed by atoms with Crippen LogP contribution in [0.1, 0.15) is 39.2 Å². The zero-order chi connectivity index (χ0) is 17.9. The smallest absolute Gasteiger partial charge is 0.227 e. The van der Waals surface area contributed by atoms with Gasteiger partial charge in [-0.1, -0.05) is 0 Å². The first-order chi connectivity index (χ1) is 11.2. The maximum atomic E-state index is 12.1. The van der Waals surface area contributed by atoms with Crippen molar-refractivity contribution in [1.82, 2.24) is 5.32 Å². The van der Waals surface area contributed by atoms with Crippen molar-refractivity contribution in [3.8, 4) is 11.8 Å². The Morgan fingerprint density at radius 2 is 2.12 bits per heavy atom. The number of thiocarbonyl (C=S) groups is 1. The molecule has 1 amide bonds. The van der Waals surface area contributed by atoms with Crippen LogP contribution in [0.2, 0.25) is 0 Å². The number of rotatable bonds is 2. The first-order valence-corrected chi connectivity index (χ1v) is 8.24. The van der Waals surface area contributed by atoms with Crippen LogP contribution in [0.4, 0.5) is 11.4 Å². The lowest BCUT2D eigenvalue weighted by Crippen LogP contribution is -2.42. The van der Waals surface area contributed by atoms with E-state index in [9.17, 15) is 9.90 Å². The number of benzene rings is 1. The average Bonchev–Trinajstić information content (AvgIpc) is 2.58. The fraction of sp³-hybridized carbons (Fsp3) is 0.471. The molecule has 6 nitrogen and oxygen atoms in total. The van der Waals surface area contributed by atoms with Crippen molar-refractivity contribution in [2.24, 2.45) is 0 Å². The van der Waals surface area contributed by atoms with Gasteiger partial charge in [-0.3, -0.25) is 9.69 Å². The first-order valence-electron chi connectivity index (χ1n) is 7.83. The molecule has 2 rings (SSSR count). The van der Waals surface area contributed by atoms with Crippen LogP contribution < -0.4 is 15.5 Å². The maximum absolute atomic E-state index is 12.1. The number of hydrogen-bond donors (Lipinski definition) is 3. The van der Waals surface area contributed by atoms with Crippen LogP contribution in [-0.2, 0) is 11.2 Å². The van der Waals surface area contributed by atoms with Gasteiger partial charge in [0.05, 0.1) is 17.4 Å². The van der Waals surface area contributed by atoms with Crippen molar-refractivity contribution in [1.29, 1.82) is 5.26 Å². The van der Waals surface area contributed by atoms with Gasteiger partial charge in [-0.05, 0) is 57.5 Å². The van der Waals surface area contributed by atoms with E-state index >= 15 is 0 Å². The minimum Gasteiger partial charge on any atom is -0.506 e. The third-order valence-electron chi connectivity index (χ3n) is 3.59. The highest BCUT2D eigenvalue weighted by Crippen LogP contribution is 2.35. The predicted octanol–water partition coefficient (Wildman–Crippen LogP) is 2.67. The summed E-state index contributed by atoms with van der Waals surface area (Å²) in [4.78, 5) is 13.6. The van der Waals surface area contributed by atoms with Gasteiger partial charge in [0.1, 0.15) is 12.3 Å². The average molecular weight is 346 g/mol. The summed E-state index contributed by atoms with van der Waals surface area (Å²) < 4.78 is 0. The van der Waals surface area contributed by atoms with Crippen LogP contribution in [0.25, 0.3) is 0 Å². The molecule has 3 N–H and O–H groups in total. The molecule has 0 fully saturated rings. The number of carbonyl (C=O) groups excluding carboxylic acids is 1. The third-order valence-corrected chi connectivity index (χ3v) is 3.80. The number of fused-ring (bicyclic) bond motifs is 1. The van der Waals surface area contributed by atoms with E-state index in [-0.39, 0.29) is 23.7 Å². The zero-order valence-corrected chi connectivity index (χ0v) is 15.0. The van der Waals surface area contributed by atoms with Crippen molar-refractivity contribution in [2.75, 3.05) is 16.8 Å². The minimum atomic E-state index is -0.193. The van der Waals surface area contributed by atoms with Gasteiger partial charge < -0.3 is 15.7 Å². The normalized spacial score (nSPS) is 14.4. The van der Waals surface area contributed by atoms with Gasteiger partial charge in [0, 0.05) is 18.0 Å². The second-order valence-electron chi connectivity index (χ2n) is 6.82. The molecule has 0 saturated heterocycles.